The number of nitrogens with one attached hydrogen (secondary N) is 1. The van der Waals surface area contributed by atoms with Crippen LogP contribution in [0.15, 0.2) is 16.9 Å². The summed E-state index contributed by atoms with van der Waals surface area (Å²) in [5.74, 6) is -0.452. The first-order valence-electron chi connectivity index (χ1n) is 12.6. The first kappa shape index (κ1) is 25.2. The van der Waals surface area contributed by atoms with Crippen LogP contribution in [-0.4, -0.2) is 34.0 Å². The lowest BCUT2D eigenvalue weighted by Gasteiger charge is -2.29. The standard InChI is InChI=1S/C28H30FN3O5/c1-5-23(34)30-20-8-7-15-14(3)19(29)10-21-24(15)25(20)16-11-32-22(26(16)31-21)9-18(28(36,6-2)13-33)17(12-37-4)27(32)35/h9-10,13,20,36H,5-8,11-12H2,1-4H3,(H,30,34)/t20?,28-/m1/s1. The number of carbonyl (C=O) groups is 2. The molecule has 3 heterocycles. The number of pyridine rings is 2. The number of rotatable bonds is 7. The predicted octanol–water partition coefficient (Wildman–Crippen LogP) is 3.33. The first-order valence-corrected chi connectivity index (χ1v) is 12.6. The molecule has 2 aliphatic rings. The number of hydrogen-bond donors (Lipinski definition) is 2. The zero-order chi connectivity index (χ0) is 26.6. The third kappa shape index (κ3) is 3.71. The Morgan fingerprint density at radius 3 is 2.76 bits per heavy atom. The molecule has 5 rings (SSSR count). The van der Waals surface area contributed by atoms with E-state index in [4.69, 9.17) is 9.72 Å². The zero-order valence-corrected chi connectivity index (χ0v) is 21.4. The van der Waals surface area contributed by atoms with E-state index in [1.807, 2.05) is 0 Å². The number of nitrogens with zero attached hydrogens (tertiary/aromatic N) is 2. The molecule has 2 atom stereocenters. The van der Waals surface area contributed by atoms with Gasteiger partial charge in [0, 0.05) is 41.7 Å². The van der Waals surface area contributed by atoms with Crippen LogP contribution >= 0.6 is 0 Å². The molecule has 0 radical (unpaired) electrons. The number of benzene rings is 1. The highest BCUT2D eigenvalue weighted by Gasteiger charge is 2.37. The maximum Gasteiger partial charge on any atom is 0.257 e. The van der Waals surface area contributed by atoms with Gasteiger partial charge in [-0.1, -0.05) is 13.8 Å². The smallest absolute Gasteiger partial charge is 0.257 e. The molecule has 8 nitrogen and oxygen atoms in total. The molecule has 0 saturated carbocycles. The molecule has 1 aliphatic carbocycles. The first-order chi connectivity index (χ1) is 17.7. The molecular formula is C28H30FN3O5. The van der Waals surface area contributed by atoms with Crippen molar-refractivity contribution in [3.8, 4) is 11.4 Å². The van der Waals surface area contributed by atoms with Crippen LogP contribution in [0.5, 0.6) is 0 Å². The summed E-state index contributed by atoms with van der Waals surface area (Å²) in [6, 6.07) is 2.71. The van der Waals surface area contributed by atoms with Crippen molar-refractivity contribution in [3.05, 3.63) is 61.7 Å². The Morgan fingerprint density at radius 2 is 2.11 bits per heavy atom. The Balaban J connectivity index is 1.85. The minimum absolute atomic E-state index is 0.0678. The van der Waals surface area contributed by atoms with Gasteiger partial charge < -0.3 is 19.7 Å². The van der Waals surface area contributed by atoms with Crippen LogP contribution in [-0.2, 0) is 39.5 Å². The molecule has 0 bridgehead atoms. The fraction of sp³-hybridized carbons (Fsp3) is 0.429. The molecule has 0 spiro atoms. The molecule has 1 aliphatic heterocycles. The lowest BCUT2D eigenvalue weighted by Crippen LogP contribution is -2.34. The Hall–Kier alpha value is -3.43. The topological polar surface area (TPSA) is 111 Å². The molecule has 0 saturated heterocycles. The number of methoxy groups -OCH3 is 1. The van der Waals surface area contributed by atoms with Crippen molar-refractivity contribution in [2.24, 2.45) is 0 Å². The minimum atomic E-state index is -1.87. The number of carbonyl (C=O) groups excluding carboxylic acids is 2. The summed E-state index contributed by atoms with van der Waals surface area (Å²) in [6.45, 7) is 5.33. The molecule has 2 N–H and O–H groups in total. The van der Waals surface area contributed by atoms with Gasteiger partial charge >= 0.3 is 0 Å². The van der Waals surface area contributed by atoms with Gasteiger partial charge in [-0.15, -0.1) is 0 Å². The van der Waals surface area contributed by atoms with Gasteiger partial charge in [-0.3, -0.25) is 14.4 Å². The van der Waals surface area contributed by atoms with Gasteiger partial charge in [0.05, 0.1) is 36.1 Å². The van der Waals surface area contributed by atoms with E-state index in [9.17, 15) is 23.9 Å². The number of aryl methyl sites for hydroxylation is 1. The van der Waals surface area contributed by atoms with E-state index in [0.717, 1.165) is 22.1 Å². The van der Waals surface area contributed by atoms with Crippen LogP contribution in [0.2, 0.25) is 0 Å². The average molecular weight is 508 g/mol. The van der Waals surface area contributed by atoms with E-state index in [1.165, 1.54) is 13.2 Å². The van der Waals surface area contributed by atoms with Crippen molar-refractivity contribution >= 4 is 23.1 Å². The van der Waals surface area contributed by atoms with Crippen molar-refractivity contribution in [2.75, 3.05) is 7.11 Å². The van der Waals surface area contributed by atoms with Crippen LogP contribution in [0.3, 0.4) is 0 Å². The molecule has 1 amide bonds. The SMILES string of the molecule is CCC(=O)NC1CCc2c(C)c(F)cc3nc4c(c1c23)Cn1c-4cc([C@](O)(C=O)CC)c(COC)c1=O. The number of aliphatic hydroxyl groups is 1. The Kier molecular flexibility index (Phi) is 6.24. The normalized spacial score (nSPS) is 17.3. The summed E-state index contributed by atoms with van der Waals surface area (Å²) < 4.78 is 21.7. The summed E-state index contributed by atoms with van der Waals surface area (Å²) in [5.41, 5.74) is 2.57. The molecule has 1 unspecified atom stereocenters. The Labute approximate surface area is 213 Å². The number of fused-ring (bicyclic) bond motifs is 4. The highest BCUT2D eigenvalue weighted by atomic mass is 19.1. The number of ether oxygens (including phenoxy) is 1. The number of amides is 1. The summed E-state index contributed by atoms with van der Waals surface area (Å²) in [7, 11) is 1.44. The fourth-order valence-electron chi connectivity index (χ4n) is 5.79. The molecule has 2 aromatic heterocycles. The molecule has 9 heteroatoms. The largest absolute Gasteiger partial charge is 0.380 e. The minimum Gasteiger partial charge on any atom is -0.380 e. The van der Waals surface area contributed by atoms with Crippen molar-refractivity contribution in [1.29, 1.82) is 0 Å². The lowest BCUT2D eigenvalue weighted by molar-refractivity contribution is -0.125. The van der Waals surface area contributed by atoms with Crippen LogP contribution < -0.4 is 10.9 Å². The Morgan fingerprint density at radius 1 is 1.35 bits per heavy atom. The highest BCUT2D eigenvalue weighted by Crippen LogP contribution is 2.45. The molecule has 37 heavy (non-hydrogen) atoms. The molecular weight excluding hydrogens is 477 g/mol. The number of halogens is 1. The van der Waals surface area contributed by atoms with Gasteiger partial charge in [0.25, 0.3) is 5.56 Å². The predicted molar refractivity (Wildman–Crippen MR) is 136 cm³/mol. The summed E-state index contributed by atoms with van der Waals surface area (Å²) in [5, 5.41) is 15.0. The number of aromatic nitrogens is 2. The van der Waals surface area contributed by atoms with Crippen molar-refractivity contribution in [3.63, 3.8) is 0 Å². The zero-order valence-electron chi connectivity index (χ0n) is 21.4. The molecule has 3 aromatic rings. The molecule has 1 aromatic carbocycles. The monoisotopic (exact) mass is 507 g/mol. The summed E-state index contributed by atoms with van der Waals surface area (Å²) >= 11 is 0. The van der Waals surface area contributed by atoms with Gasteiger partial charge in [0.15, 0.2) is 6.29 Å². The van der Waals surface area contributed by atoms with E-state index < -0.39 is 5.60 Å². The van der Waals surface area contributed by atoms with Crippen LogP contribution in [0.4, 0.5) is 4.39 Å². The summed E-state index contributed by atoms with van der Waals surface area (Å²) in [4.78, 5) is 42.9. The average Bonchev–Trinajstić information content (AvgIpc) is 3.27. The second kappa shape index (κ2) is 9.15. The van der Waals surface area contributed by atoms with Crippen molar-refractivity contribution in [1.82, 2.24) is 14.9 Å². The van der Waals surface area contributed by atoms with Gasteiger partial charge in [-0.05, 0) is 48.9 Å². The van der Waals surface area contributed by atoms with Crippen LogP contribution in [0, 0.1) is 12.7 Å². The number of hydrogen-bond acceptors (Lipinski definition) is 6. The van der Waals surface area contributed by atoms with Crippen LogP contribution in [0.1, 0.15) is 72.5 Å². The third-order valence-corrected chi connectivity index (χ3v) is 7.88. The van der Waals surface area contributed by atoms with Gasteiger partial charge in [0.2, 0.25) is 5.91 Å². The second-order valence-electron chi connectivity index (χ2n) is 9.86. The van der Waals surface area contributed by atoms with E-state index in [2.05, 4.69) is 5.32 Å². The van der Waals surface area contributed by atoms with E-state index >= 15 is 0 Å². The second-order valence-corrected chi connectivity index (χ2v) is 9.86. The highest BCUT2D eigenvalue weighted by molar-refractivity contribution is 5.93. The quantitative estimate of drug-likeness (QED) is 0.371. The van der Waals surface area contributed by atoms with Gasteiger partial charge in [0.1, 0.15) is 11.4 Å². The Bertz CT molecular complexity index is 1530. The third-order valence-electron chi connectivity index (χ3n) is 7.88. The lowest BCUT2D eigenvalue weighted by atomic mass is 9.81. The van der Waals surface area contributed by atoms with Crippen molar-refractivity contribution < 1.29 is 23.8 Å². The fourth-order valence-corrected chi connectivity index (χ4v) is 5.79. The van der Waals surface area contributed by atoms with E-state index in [-0.39, 0.29) is 54.0 Å². The maximum absolute atomic E-state index is 14.9. The molecule has 0 fully saturated rings. The van der Waals surface area contributed by atoms with E-state index in [0.29, 0.717) is 48.0 Å². The maximum atomic E-state index is 14.9. The van der Waals surface area contributed by atoms with Gasteiger partial charge in [-0.25, -0.2) is 9.37 Å². The van der Waals surface area contributed by atoms with Crippen LogP contribution in [0.25, 0.3) is 22.3 Å². The van der Waals surface area contributed by atoms with Crippen molar-refractivity contribution in [2.45, 2.75) is 71.2 Å². The molecule has 194 valence electrons. The summed E-state index contributed by atoms with van der Waals surface area (Å²) in [6.07, 6.45) is 2.03. The van der Waals surface area contributed by atoms with Gasteiger partial charge in [-0.2, -0.15) is 0 Å². The van der Waals surface area contributed by atoms with E-state index in [1.54, 1.807) is 31.4 Å². The number of aldehydes is 1.